The molecule has 0 unspecified atom stereocenters. The minimum atomic E-state index is -3.40. The van der Waals surface area contributed by atoms with Crippen molar-refractivity contribution in [2.24, 2.45) is 17.8 Å². The van der Waals surface area contributed by atoms with Crippen LogP contribution in [0.2, 0.25) is 0 Å². The van der Waals surface area contributed by atoms with Crippen LogP contribution in [0.3, 0.4) is 0 Å². The molecule has 7 heteroatoms. The lowest BCUT2D eigenvalue weighted by Gasteiger charge is -2.37. The highest BCUT2D eigenvalue weighted by atomic mass is 32.2. The molecule has 0 bridgehead atoms. The third-order valence-electron chi connectivity index (χ3n) is 6.77. The molecule has 1 fully saturated rings. The number of rotatable bonds is 5. The zero-order valence-corrected chi connectivity index (χ0v) is 20.2. The fraction of sp³-hybridized carbons (Fsp3) is 0.480. The fourth-order valence-electron chi connectivity index (χ4n) is 4.91. The van der Waals surface area contributed by atoms with Gasteiger partial charge >= 0.3 is 0 Å². The summed E-state index contributed by atoms with van der Waals surface area (Å²) in [5, 5.41) is 10.4. The number of aryl methyl sites for hydroxylation is 1. The molecule has 2 heterocycles. The zero-order chi connectivity index (χ0) is 23.2. The van der Waals surface area contributed by atoms with Crippen LogP contribution in [0.1, 0.15) is 45.7 Å². The van der Waals surface area contributed by atoms with Gasteiger partial charge in [-0.2, -0.15) is 4.73 Å². The SMILES string of the molecule is Cc1cc(-c2cc(S(C)(=O)=O)ccc2O[C@H]2C[C@@H](C)CC[C@@H]2C(C)C)c2ccnc-2n1O. The van der Waals surface area contributed by atoms with Crippen LogP contribution in [0, 0.1) is 24.7 Å². The van der Waals surface area contributed by atoms with E-state index >= 15 is 0 Å². The first-order chi connectivity index (χ1) is 15.1. The number of ether oxygens (including phenoxy) is 1. The smallest absolute Gasteiger partial charge is 0.176 e. The first-order valence-electron chi connectivity index (χ1n) is 11.2. The van der Waals surface area contributed by atoms with Crippen molar-refractivity contribution in [2.75, 3.05) is 6.26 Å². The lowest BCUT2D eigenvalue weighted by molar-refractivity contribution is 0.0464. The summed E-state index contributed by atoms with van der Waals surface area (Å²) in [6.45, 7) is 8.53. The van der Waals surface area contributed by atoms with Gasteiger partial charge in [0.25, 0.3) is 0 Å². The largest absolute Gasteiger partial charge is 0.489 e. The fourth-order valence-corrected chi connectivity index (χ4v) is 5.56. The molecule has 3 atom stereocenters. The summed E-state index contributed by atoms with van der Waals surface area (Å²) in [7, 11) is -3.40. The quantitative estimate of drug-likeness (QED) is 0.517. The van der Waals surface area contributed by atoms with E-state index in [4.69, 9.17) is 4.74 Å². The second-order valence-corrected chi connectivity index (χ2v) is 11.6. The molecular formula is C25H32N2O4S. The number of pyridine rings is 1. The molecule has 32 heavy (non-hydrogen) atoms. The Hall–Kier alpha value is -2.54. The second-order valence-electron chi connectivity index (χ2n) is 9.61. The van der Waals surface area contributed by atoms with Gasteiger partial charge in [0.2, 0.25) is 0 Å². The maximum absolute atomic E-state index is 12.3. The van der Waals surface area contributed by atoms with Crippen molar-refractivity contribution in [3.8, 4) is 28.3 Å². The Morgan fingerprint density at radius 3 is 2.56 bits per heavy atom. The van der Waals surface area contributed by atoms with Crippen molar-refractivity contribution in [3.63, 3.8) is 0 Å². The van der Waals surface area contributed by atoms with Crippen molar-refractivity contribution in [3.05, 3.63) is 42.2 Å². The van der Waals surface area contributed by atoms with Crippen LogP contribution in [0.15, 0.2) is 41.4 Å². The topological polar surface area (TPSA) is 81.4 Å². The van der Waals surface area contributed by atoms with E-state index in [2.05, 4.69) is 25.8 Å². The van der Waals surface area contributed by atoms with Crippen LogP contribution >= 0.6 is 0 Å². The standard InChI is InChI=1S/C25H32N2O4S/c1-15(2)19-8-6-16(3)12-24(19)31-23-9-7-18(32(5,29)30)14-22(23)21-13-17(4)27(28)25-20(21)10-11-26-25/h7,9-11,13-16,19,24,28H,6,8,12H2,1-5H3/t16-,19+,24-/m0/s1. The number of aromatic nitrogens is 2. The summed E-state index contributed by atoms with van der Waals surface area (Å²) < 4.78 is 32.4. The first kappa shape index (κ1) is 22.6. The van der Waals surface area contributed by atoms with Gasteiger partial charge in [0, 0.05) is 23.6 Å². The van der Waals surface area contributed by atoms with Crippen molar-refractivity contribution >= 4 is 9.84 Å². The van der Waals surface area contributed by atoms with E-state index < -0.39 is 9.84 Å². The molecule has 3 aliphatic rings. The lowest BCUT2D eigenvalue weighted by Crippen LogP contribution is -2.36. The molecule has 0 saturated heterocycles. The molecule has 1 saturated carbocycles. The summed E-state index contributed by atoms with van der Waals surface area (Å²) in [5.74, 6) is 2.64. The van der Waals surface area contributed by atoms with E-state index in [1.165, 1.54) is 12.7 Å². The molecular weight excluding hydrogens is 424 g/mol. The Kier molecular flexibility index (Phi) is 5.96. The number of hydrogen-bond acceptors (Lipinski definition) is 5. The molecule has 6 nitrogen and oxygen atoms in total. The van der Waals surface area contributed by atoms with Crippen molar-refractivity contribution in [1.29, 1.82) is 0 Å². The molecule has 1 N–H and O–H groups in total. The Labute approximate surface area is 190 Å². The van der Waals surface area contributed by atoms with E-state index in [0.717, 1.165) is 28.7 Å². The normalized spacial score (nSPS) is 21.9. The number of fused-ring (bicyclic) bond motifs is 1. The third kappa shape index (κ3) is 4.22. The summed E-state index contributed by atoms with van der Waals surface area (Å²) in [6, 6.07) is 8.76. The highest BCUT2D eigenvalue weighted by molar-refractivity contribution is 7.90. The van der Waals surface area contributed by atoms with E-state index in [-0.39, 0.29) is 11.0 Å². The van der Waals surface area contributed by atoms with Gasteiger partial charge in [-0.25, -0.2) is 13.4 Å². The van der Waals surface area contributed by atoms with E-state index in [9.17, 15) is 13.6 Å². The van der Waals surface area contributed by atoms with Gasteiger partial charge < -0.3 is 9.94 Å². The van der Waals surface area contributed by atoms with Gasteiger partial charge in [-0.15, -0.1) is 0 Å². The average Bonchev–Trinajstić information content (AvgIpc) is 3.20. The Morgan fingerprint density at radius 1 is 1.12 bits per heavy atom. The minimum absolute atomic E-state index is 0.0717. The minimum Gasteiger partial charge on any atom is -0.489 e. The van der Waals surface area contributed by atoms with Crippen LogP contribution in [-0.2, 0) is 9.84 Å². The predicted octanol–water partition coefficient (Wildman–Crippen LogP) is 5.44. The van der Waals surface area contributed by atoms with E-state index in [1.807, 2.05) is 12.1 Å². The molecule has 1 aromatic rings. The first-order valence-corrected chi connectivity index (χ1v) is 13.1. The Morgan fingerprint density at radius 2 is 1.88 bits per heavy atom. The maximum atomic E-state index is 12.3. The number of hydrogen-bond donors (Lipinski definition) is 1. The summed E-state index contributed by atoms with van der Waals surface area (Å²) in [4.78, 5) is 4.52. The Bertz CT molecular complexity index is 1200. The van der Waals surface area contributed by atoms with E-state index in [1.54, 1.807) is 31.3 Å². The molecule has 0 amide bonds. The van der Waals surface area contributed by atoms with Gasteiger partial charge in [0.1, 0.15) is 11.9 Å². The van der Waals surface area contributed by atoms with E-state index in [0.29, 0.717) is 40.6 Å². The van der Waals surface area contributed by atoms with Crippen molar-refractivity contribution in [2.45, 2.75) is 58.0 Å². The molecule has 0 spiro atoms. The average molecular weight is 457 g/mol. The van der Waals surface area contributed by atoms with Gasteiger partial charge in [-0.3, -0.25) is 0 Å². The van der Waals surface area contributed by atoms with Crippen molar-refractivity contribution < 1.29 is 18.4 Å². The van der Waals surface area contributed by atoms with Crippen LogP contribution in [0.5, 0.6) is 5.75 Å². The van der Waals surface area contributed by atoms with Gasteiger partial charge in [0.15, 0.2) is 15.7 Å². The molecule has 1 aliphatic carbocycles. The number of sulfone groups is 1. The molecule has 4 rings (SSSR count). The van der Waals surface area contributed by atoms with Gasteiger partial charge in [-0.1, -0.05) is 27.2 Å². The van der Waals surface area contributed by atoms with Crippen LogP contribution in [0.25, 0.3) is 22.5 Å². The highest BCUT2D eigenvalue weighted by Crippen LogP contribution is 2.42. The third-order valence-corrected chi connectivity index (χ3v) is 7.88. The molecule has 0 aromatic heterocycles. The number of benzene rings is 1. The highest BCUT2D eigenvalue weighted by Gasteiger charge is 2.33. The van der Waals surface area contributed by atoms with Crippen LogP contribution in [-0.4, -0.2) is 35.7 Å². The van der Waals surface area contributed by atoms with Crippen LogP contribution in [0.4, 0.5) is 0 Å². The van der Waals surface area contributed by atoms with Crippen LogP contribution < -0.4 is 4.74 Å². The molecule has 2 aliphatic heterocycles. The van der Waals surface area contributed by atoms with Crippen molar-refractivity contribution in [1.82, 2.24) is 9.71 Å². The number of nitrogens with zero attached hydrogens (tertiary/aromatic N) is 2. The van der Waals surface area contributed by atoms with Gasteiger partial charge in [0.05, 0.1) is 10.6 Å². The summed E-state index contributed by atoms with van der Waals surface area (Å²) >= 11 is 0. The zero-order valence-electron chi connectivity index (χ0n) is 19.4. The Balaban J connectivity index is 1.87. The molecule has 0 radical (unpaired) electrons. The summed E-state index contributed by atoms with van der Waals surface area (Å²) in [5.41, 5.74) is 2.85. The maximum Gasteiger partial charge on any atom is 0.176 e. The monoisotopic (exact) mass is 456 g/mol. The second kappa shape index (κ2) is 8.43. The van der Waals surface area contributed by atoms with Gasteiger partial charge in [-0.05, 0) is 73.4 Å². The summed E-state index contributed by atoms with van der Waals surface area (Å²) in [6.07, 6.45) is 6.24. The molecule has 1 aromatic carbocycles. The lowest BCUT2D eigenvalue weighted by atomic mass is 9.75. The molecule has 172 valence electrons. The predicted molar refractivity (Wildman–Crippen MR) is 125 cm³/mol.